The van der Waals surface area contributed by atoms with Gasteiger partial charge in [0, 0.05) is 13.1 Å². The lowest BCUT2D eigenvalue weighted by molar-refractivity contribution is -0.143. The van der Waals surface area contributed by atoms with E-state index in [1.165, 1.54) is 16.2 Å². The van der Waals surface area contributed by atoms with Crippen LogP contribution in [0.1, 0.15) is 13.3 Å². The minimum absolute atomic E-state index is 0.133. The summed E-state index contributed by atoms with van der Waals surface area (Å²) in [5, 5.41) is 21.1. The van der Waals surface area contributed by atoms with Crippen LogP contribution in [0, 0.1) is 11.8 Å². The number of ether oxygens (including phenoxy) is 1. The molecular formula is C17H20N4O4S. The summed E-state index contributed by atoms with van der Waals surface area (Å²) in [4.78, 5) is 25.3. The average molecular weight is 376 g/mol. The van der Waals surface area contributed by atoms with Gasteiger partial charge in [-0.3, -0.25) is 10.1 Å². The Bertz CT molecular complexity index is 810. The van der Waals surface area contributed by atoms with Gasteiger partial charge in [-0.1, -0.05) is 30.4 Å². The molecule has 1 aliphatic heterocycles. The highest BCUT2D eigenvalue weighted by Crippen LogP contribution is 2.33. The summed E-state index contributed by atoms with van der Waals surface area (Å²) >= 11 is 1.24. The fourth-order valence-corrected chi connectivity index (χ4v) is 3.83. The Morgan fingerprint density at radius 2 is 2.08 bits per heavy atom. The number of hydrogen-bond donors (Lipinski definition) is 2. The molecule has 2 heterocycles. The highest BCUT2D eigenvalue weighted by atomic mass is 32.1. The Balaban J connectivity index is 1.71. The van der Waals surface area contributed by atoms with Crippen molar-refractivity contribution in [1.82, 2.24) is 15.1 Å². The number of methoxy groups -OCH3 is 1. The van der Waals surface area contributed by atoms with Crippen molar-refractivity contribution in [3.8, 4) is 16.3 Å². The van der Waals surface area contributed by atoms with Gasteiger partial charge in [0.1, 0.15) is 5.75 Å². The molecule has 0 bridgehead atoms. The molecule has 1 saturated heterocycles. The van der Waals surface area contributed by atoms with Crippen molar-refractivity contribution >= 4 is 28.5 Å². The Kier molecular flexibility index (Phi) is 5.36. The number of carboxylic acids is 1. The second-order valence-corrected chi connectivity index (χ2v) is 7.30. The number of likely N-dealkylation sites (tertiary alicyclic amines) is 1. The van der Waals surface area contributed by atoms with Crippen LogP contribution in [0.15, 0.2) is 24.3 Å². The first-order valence-electron chi connectivity index (χ1n) is 8.23. The van der Waals surface area contributed by atoms with Crippen molar-refractivity contribution in [2.75, 3.05) is 25.5 Å². The molecule has 8 nitrogen and oxygen atoms in total. The van der Waals surface area contributed by atoms with E-state index in [1.807, 2.05) is 31.2 Å². The number of amides is 2. The maximum Gasteiger partial charge on any atom is 0.323 e. The molecule has 2 unspecified atom stereocenters. The first-order chi connectivity index (χ1) is 12.5. The first kappa shape index (κ1) is 18.1. The number of urea groups is 1. The average Bonchev–Trinajstić information content (AvgIpc) is 3.09. The highest BCUT2D eigenvalue weighted by Gasteiger charge is 2.32. The molecule has 0 spiro atoms. The van der Waals surface area contributed by atoms with Crippen molar-refractivity contribution in [3.05, 3.63) is 24.3 Å². The van der Waals surface area contributed by atoms with Crippen LogP contribution in [0.5, 0.6) is 5.75 Å². The molecule has 1 aliphatic rings. The van der Waals surface area contributed by atoms with E-state index < -0.39 is 11.9 Å². The Labute approximate surface area is 154 Å². The predicted octanol–water partition coefficient (Wildman–Crippen LogP) is 2.79. The van der Waals surface area contributed by atoms with Crippen molar-refractivity contribution in [2.24, 2.45) is 11.8 Å². The summed E-state index contributed by atoms with van der Waals surface area (Å²) in [6, 6.07) is 7.08. The van der Waals surface area contributed by atoms with Crippen LogP contribution in [-0.4, -0.2) is 52.4 Å². The third kappa shape index (κ3) is 3.93. The smallest absolute Gasteiger partial charge is 0.323 e. The van der Waals surface area contributed by atoms with E-state index in [9.17, 15) is 14.7 Å². The molecule has 1 aromatic heterocycles. The number of rotatable bonds is 4. The fourth-order valence-electron chi connectivity index (χ4n) is 3.07. The first-order valence-corrected chi connectivity index (χ1v) is 9.05. The van der Waals surface area contributed by atoms with E-state index in [0.717, 1.165) is 5.56 Å². The molecule has 2 N–H and O–H groups in total. The van der Waals surface area contributed by atoms with E-state index >= 15 is 0 Å². The van der Waals surface area contributed by atoms with E-state index in [0.29, 0.717) is 28.9 Å². The maximum absolute atomic E-state index is 12.5. The SMILES string of the molecule is COc1ccccc1-c1nnc(NC(=O)N2CC(C)CC(C(=O)O)C2)s1. The fraction of sp³-hybridized carbons (Fsp3) is 0.412. The summed E-state index contributed by atoms with van der Waals surface area (Å²) in [5.41, 5.74) is 0.797. The van der Waals surface area contributed by atoms with Crippen molar-refractivity contribution in [3.63, 3.8) is 0 Å². The third-order valence-corrected chi connectivity index (χ3v) is 5.14. The van der Waals surface area contributed by atoms with Crippen LogP contribution >= 0.6 is 11.3 Å². The molecule has 26 heavy (non-hydrogen) atoms. The summed E-state index contributed by atoms with van der Waals surface area (Å²) in [7, 11) is 1.58. The van der Waals surface area contributed by atoms with Crippen molar-refractivity contribution < 1.29 is 19.4 Å². The van der Waals surface area contributed by atoms with E-state index in [4.69, 9.17) is 4.74 Å². The quantitative estimate of drug-likeness (QED) is 0.850. The van der Waals surface area contributed by atoms with Crippen molar-refractivity contribution in [1.29, 1.82) is 0 Å². The highest BCUT2D eigenvalue weighted by molar-refractivity contribution is 7.18. The minimum atomic E-state index is -0.872. The van der Waals surface area contributed by atoms with Crippen LogP contribution in [0.3, 0.4) is 0 Å². The van der Waals surface area contributed by atoms with Gasteiger partial charge in [0.2, 0.25) is 5.13 Å². The number of piperidine rings is 1. The van der Waals surface area contributed by atoms with Crippen LogP contribution in [0.25, 0.3) is 10.6 Å². The standard InChI is InChI=1S/C17H20N4O4S/c1-10-7-11(15(22)23)9-21(8-10)17(24)18-16-20-19-14(26-16)12-5-3-4-6-13(12)25-2/h3-6,10-11H,7-9H2,1-2H3,(H,22,23)(H,18,20,24). The molecular weight excluding hydrogens is 356 g/mol. The Morgan fingerprint density at radius 1 is 1.31 bits per heavy atom. The number of para-hydroxylation sites is 1. The monoisotopic (exact) mass is 376 g/mol. The van der Waals surface area contributed by atoms with Gasteiger partial charge in [-0.2, -0.15) is 0 Å². The molecule has 3 rings (SSSR count). The van der Waals surface area contributed by atoms with Gasteiger partial charge in [0.05, 0.1) is 18.6 Å². The van der Waals surface area contributed by atoms with Crippen LogP contribution in [0.2, 0.25) is 0 Å². The number of aliphatic carboxylic acids is 1. The number of aromatic nitrogens is 2. The number of carbonyl (C=O) groups is 2. The molecule has 0 radical (unpaired) electrons. The number of anilines is 1. The summed E-state index contributed by atoms with van der Waals surface area (Å²) in [5.74, 6) is -0.600. The molecule has 2 amide bonds. The topological polar surface area (TPSA) is 105 Å². The number of carbonyl (C=O) groups excluding carboxylic acids is 1. The van der Waals surface area contributed by atoms with Gasteiger partial charge in [0.15, 0.2) is 5.01 Å². The number of hydrogen-bond acceptors (Lipinski definition) is 6. The summed E-state index contributed by atoms with van der Waals surface area (Å²) < 4.78 is 5.32. The lowest BCUT2D eigenvalue weighted by Gasteiger charge is -2.34. The number of carboxylic acid groups (broad SMARTS) is 1. The second-order valence-electron chi connectivity index (χ2n) is 6.32. The molecule has 1 aromatic carbocycles. The molecule has 138 valence electrons. The summed E-state index contributed by atoms with van der Waals surface area (Å²) in [6.45, 7) is 2.66. The second kappa shape index (κ2) is 7.69. The van der Waals surface area contributed by atoms with Crippen LogP contribution in [-0.2, 0) is 4.79 Å². The lowest BCUT2D eigenvalue weighted by atomic mass is 9.91. The molecule has 2 atom stereocenters. The molecule has 9 heteroatoms. The summed E-state index contributed by atoms with van der Waals surface area (Å²) in [6.07, 6.45) is 0.579. The van der Waals surface area contributed by atoms with Gasteiger partial charge in [-0.15, -0.1) is 10.2 Å². The lowest BCUT2D eigenvalue weighted by Crippen LogP contribution is -2.47. The van der Waals surface area contributed by atoms with Gasteiger partial charge in [-0.25, -0.2) is 4.79 Å². The van der Waals surface area contributed by atoms with Crippen LogP contribution in [0.4, 0.5) is 9.93 Å². The third-order valence-electron chi connectivity index (χ3n) is 4.27. The zero-order valence-corrected chi connectivity index (χ0v) is 15.3. The number of nitrogens with zero attached hydrogens (tertiary/aromatic N) is 3. The van der Waals surface area contributed by atoms with E-state index in [2.05, 4.69) is 15.5 Å². The predicted molar refractivity (Wildman–Crippen MR) is 97.4 cm³/mol. The normalized spacial score (nSPS) is 19.8. The number of nitrogens with one attached hydrogen (secondary N) is 1. The molecule has 2 aromatic rings. The van der Waals surface area contributed by atoms with Gasteiger partial charge in [0.25, 0.3) is 0 Å². The van der Waals surface area contributed by atoms with Gasteiger partial charge in [-0.05, 0) is 24.5 Å². The molecule has 1 fully saturated rings. The number of benzene rings is 1. The maximum atomic E-state index is 12.5. The van der Waals surface area contributed by atoms with Crippen LogP contribution < -0.4 is 10.1 Å². The Morgan fingerprint density at radius 3 is 2.81 bits per heavy atom. The minimum Gasteiger partial charge on any atom is -0.496 e. The van der Waals surface area contributed by atoms with E-state index in [-0.39, 0.29) is 18.5 Å². The van der Waals surface area contributed by atoms with Gasteiger partial charge >= 0.3 is 12.0 Å². The molecule has 0 saturated carbocycles. The van der Waals surface area contributed by atoms with E-state index in [1.54, 1.807) is 7.11 Å². The Hall–Kier alpha value is -2.68. The van der Waals surface area contributed by atoms with Crippen molar-refractivity contribution in [2.45, 2.75) is 13.3 Å². The zero-order chi connectivity index (χ0) is 18.7. The molecule has 0 aliphatic carbocycles. The zero-order valence-electron chi connectivity index (χ0n) is 14.5. The van der Waals surface area contributed by atoms with Gasteiger partial charge < -0.3 is 14.7 Å². The largest absolute Gasteiger partial charge is 0.496 e.